The van der Waals surface area contributed by atoms with Crippen LogP contribution in [0.25, 0.3) is 0 Å². The molecule has 1 fully saturated rings. The smallest absolute Gasteiger partial charge is 0.225 e. The van der Waals surface area contributed by atoms with E-state index >= 15 is 0 Å². The fourth-order valence-electron chi connectivity index (χ4n) is 2.79. The monoisotopic (exact) mass is 393 g/mol. The first-order valence-corrected chi connectivity index (χ1v) is 9.08. The fraction of sp³-hybridized carbons (Fsp3) is 0.444. The summed E-state index contributed by atoms with van der Waals surface area (Å²) in [7, 11) is 0. The third-order valence-electron chi connectivity index (χ3n) is 4.37. The van der Waals surface area contributed by atoms with Crippen LogP contribution in [0.3, 0.4) is 0 Å². The maximum Gasteiger partial charge on any atom is 0.225 e. The molecule has 128 valence electrons. The fourth-order valence-corrected chi connectivity index (χ4v) is 3.13. The molecule has 0 N–H and O–H groups in total. The lowest BCUT2D eigenvalue weighted by Gasteiger charge is -2.31. The number of halogens is 2. The van der Waals surface area contributed by atoms with Gasteiger partial charge in [-0.25, -0.2) is 14.4 Å². The van der Waals surface area contributed by atoms with Crippen LogP contribution in [0, 0.1) is 11.7 Å². The summed E-state index contributed by atoms with van der Waals surface area (Å²) in [5, 5.41) is 0. The second kappa shape index (κ2) is 7.92. The van der Waals surface area contributed by atoms with Crippen LogP contribution in [0.2, 0.25) is 0 Å². The summed E-state index contributed by atoms with van der Waals surface area (Å²) in [6.07, 6.45) is 6.74. The third kappa shape index (κ3) is 4.23. The summed E-state index contributed by atoms with van der Waals surface area (Å²) in [6, 6.07) is 4.88. The number of benzene rings is 1. The van der Waals surface area contributed by atoms with Gasteiger partial charge in [-0.1, -0.05) is 22.9 Å². The van der Waals surface area contributed by atoms with Gasteiger partial charge in [0.2, 0.25) is 5.95 Å². The number of ether oxygens (including phenoxy) is 1. The summed E-state index contributed by atoms with van der Waals surface area (Å²) in [6.45, 7) is 4.45. The first kappa shape index (κ1) is 17.1. The molecule has 0 amide bonds. The Labute approximate surface area is 150 Å². The summed E-state index contributed by atoms with van der Waals surface area (Å²) < 4.78 is 20.1. The Morgan fingerprint density at radius 3 is 2.58 bits per heavy atom. The van der Waals surface area contributed by atoms with Crippen LogP contribution in [-0.4, -0.2) is 29.7 Å². The van der Waals surface area contributed by atoms with E-state index in [-0.39, 0.29) is 5.82 Å². The van der Waals surface area contributed by atoms with Crippen LogP contribution in [0.15, 0.2) is 35.1 Å². The average Bonchev–Trinajstić information content (AvgIpc) is 2.62. The Balaban J connectivity index is 1.49. The largest absolute Gasteiger partial charge is 0.490 e. The molecular formula is C18H21BrFN3O. The van der Waals surface area contributed by atoms with Crippen molar-refractivity contribution in [3.63, 3.8) is 0 Å². The molecule has 0 atom stereocenters. The topological polar surface area (TPSA) is 38.2 Å². The van der Waals surface area contributed by atoms with Gasteiger partial charge in [0, 0.05) is 30.0 Å². The molecule has 1 saturated heterocycles. The first-order chi connectivity index (χ1) is 11.7. The van der Waals surface area contributed by atoms with E-state index in [1.54, 1.807) is 12.1 Å². The van der Waals surface area contributed by atoms with E-state index in [2.05, 4.69) is 37.7 Å². The molecule has 1 aliphatic rings. The molecular weight excluding hydrogens is 373 g/mol. The standard InChI is InChI=1S/C18H21BrFN3O/c1-2-13-10-21-18(22-11-13)23-7-5-14(6-8-23)12-24-17-4-3-15(19)9-16(17)20/h3-4,9-11,14H,2,5-8,12H2,1H3. The van der Waals surface area contributed by atoms with Crippen molar-refractivity contribution in [1.82, 2.24) is 9.97 Å². The maximum absolute atomic E-state index is 13.8. The summed E-state index contributed by atoms with van der Waals surface area (Å²) >= 11 is 3.25. The van der Waals surface area contributed by atoms with E-state index in [1.165, 1.54) is 6.07 Å². The Hall–Kier alpha value is -1.69. The van der Waals surface area contributed by atoms with Crippen LogP contribution in [0.4, 0.5) is 10.3 Å². The normalized spacial score (nSPS) is 15.5. The highest BCUT2D eigenvalue weighted by Gasteiger charge is 2.21. The maximum atomic E-state index is 13.8. The lowest BCUT2D eigenvalue weighted by molar-refractivity contribution is 0.215. The van der Waals surface area contributed by atoms with Gasteiger partial charge in [-0.3, -0.25) is 0 Å². The summed E-state index contributed by atoms with van der Waals surface area (Å²) in [4.78, 5) is 11.1. The van der Waals surface area contributed by atoms with Crippen molar-refractivity contribution >= 4 is 21.9 Å². The van der Waals surface area contributed by atoms with Gasteiger partial charge in [-0.05, 0) is 48.9 Å². The predicted octanol–water partition coefficient (Wildman–Crippen LogP) is 4.24. The van der Waals surface area contributed by atoms with Crippen LogP contribution in [-0.2, 0) is 6.42 Å². The second-order valence-electron chi connectivity index (χ2n) is 6.06. The van der Waals surface area contributed by atoms with Gasteiger partial charge >= 0.3 is 0 Å². The van der Waals surface area contributed by atoms with E-state index < -0.39 is 0 Å². The highest BCUT2D eigenvalue weighted by molar-refractivity contribution is 9.10. The van der Waals surface area contributed by atoms with Gasteiger partial charge in [0.15, 0.2) is 11.6 Å². The number of hydrogen-bond donors (Lipinski definition) is 0. The zero-order chi connectivity index (χ0) is 16.9. The van der Waals surface area contributed by atoms with Crippen molar-refractivity contribution < 1.29 is 9.13 Å². The SMILES string of the molecule is CCc1cnc(N2CCC(COc3ccc(Br)cc3F)CC2)nc1. The van der Waals surface area contributed by atoms with Gasteiger partial charge in [0.05, 0.1) is 6.61 Å². The van der Waals surface area contributed by atoms with Crippen molar-refractivity contribution in [2.75, 3.05) is 24.6 Å². The van der Waals surface area contributed by atoms with Gasteiger partial charge in [0.1, 0.15) is 0 Å². The lowest BCUT2D eigenvalue weighted by Crippen LogP contribution is -2.36. The Morgan fingerprint density at radius 2 is 1.96 bits per heavy atom. The van der Waals surface area contributed by atoms with Crippen molar-refractivity contribution in [1.29, 1.82) is 0 Å². The molecule has 6 heteroatoms. The second-order valence-corrected chi connectivity index (χ2v) is 6.98. The molecule has 4 nitrogen and oxygen atoms in total. The van der Waals surface area contributed by atoms with E-state index in [0.717, 1.165) is 48.3 Å². The van der Waals surface area contributed by atoms with Gasteiger partial charge < -0.3 is 9.64 Å². The number of aromatic nitrogens is 2. The van der Waals surface area contributed by atoms with Crippen molar-refractivity contribution in [2.24, 2.45) is 5.92 Å². The number of rotatable bonds is 5. The Bertz CT molecular complexity index is 672. The van der Waals surface area contributed by atoms with Gasteiger partial charge in [-0.15, -0.1) is 0 Å². The highest BCUT2D eigenvalue weighted by atomic mass is 79.9. The number of anilines is 1. The molecule has 0 aliphatic carbocycles. The molecule has 24 heavy (non-hydrogen) atoms. The highest BCUT2D eigenvalue weighted by Crippen LogP contribution is 2.25. The number of nitrogens with zero attached hydrogens (tertiary/aromatic N) is 3. The molecule has 0 saturated carbocycles. The summed E-state index contributed by atoms with van der Waals surface area (Å²) in [5.74, 6) is 1.22. The zero-order valence-electron chi connectivity index (χ0n) is 13.7. The van der Waals surface area contributed by atoms with E-state index in [4.69, 9.17) is 4.74 Å². The van der Waals surface area contributed by atoms with Crippen LogP contribution < -0.4 is 9.64 Å². The van der Waals surface area contributed by atoms with Crippen LogP contribution in [0.1, 0.15) is 25.3 Å². The number of aryl methyl sites for hydroxylation is 1. The molecule has 1 aromatic heterocycles. The summed E-state index contributed by atoms with van der Waals surface area (Å²) in [5.41, 5.74) is 1.15. The molecule has 0 radical (unpaired) electrons. The molecule has 0 bridgehead atoms. The minimum atomic E-state index is -0.328. The minimum Gasteiger partial charge on any atom is -0.490 e. The van der Waals surface area contributed by atoms with Crippen LogP contribution in [0.5, 0.6) is 5.75 Å². The van der Waals surface area contributed by atoms with E-state index in [9.17, 15) is 4.39 Å². The number of hydrogen-bond acceptors (Lipinski definition) is 4. The molecule has 1 aromatic carbocycles. The van der Waals surface area contributed by atoms with Gasteiger partial charge in [0.25, 0.3) is 0 Å². The zero-order valence-corrected chi connectivity index (χ0v) is 15.3. The average molecular weight is 394 g/mol. The van der Waals surface area contributed by atoms with Gasteiger partial charge in [-0.2, -0.15) is 0 Å². The predicted molar refractivity (Wildman–Crippen MR) is 95.9 cm³/mol. The molecule has 3 rings (SSSR count). The van der Waals surface area contributed by atoms with Crippen LogP contribution >= 0.6 is 15.9 Å². The minimum absolute atomic E-state index is 0.319. The number of piperidine rings is 1. The molecule has 0 spiro atoms. The third-order valence-corrected chi connectivity index (χ3v) is 4.86. The molecule has 2 aromatic rings. The van der Waals surface area contributed by atoms with Crippen molar-refractivity contribution in [2.45, 2.75) is 26.2 Å². The molecule has 0 unspecified atom stereocenters. The molecule has 1 aliphatic heterocycles. The Morgan fingerprint density at radius 1 is 1.25 bits per heavy atom. The Kier molecular flexibility index (Phi) is 5.66. The quantitative estimate of drug-likeness (QED) is 0.761. The van der Waals surface area contributed by atoms with Crippen molar-refractivity contribution in [3.05, 3.63) is 46.4 Å². The molecule has 2 heterocycles. The van der Waals surface area contributed by atoms with E-state index in [0.29, 0.717) is 18.3 Å². The van der Waals surface area contributed by atoms with Crippen molar-refractivity contribution in [3.8, 4) is 5.75 Å². The first-order valence-electron chi connectivity index (χ1n) is 8.29. The van der Waals surface area contributed by atoms with E-state index in [1.807, 2.05) is 12.4 Å². The lowest BCUT2D eigenvalue weighted by atomic mass is 9.98.